The molecule has 0 aromatic heterocycles. The molecule has 1 unspecified atom stereocenters. The van der Waals surface area contributed by atoms with E-state index >= 15 is 0 Å². The molecular weight excluding hydrogens is 265 g/mol. The summed E-state index contributed by atoms with van der Waals surface area (Å²) in [5.41, 5.74) is -0.362. The number of nitrogens with one attached hydrogen (secondary N) is 1. The van der Waals surface area contributed by atoms with Crippen molar-refractivity contribution in [2.75, 3.05) is 26.2 Å². The Hall–Kier alpha value is -0.550. The molecule has 0 saturated heterocycles. The fourth-order valence-corrected chi connectivity index (χ4v) is 2.56. The van der Waals surface area contributed by atoms with Gasteiger partial charge in [-0.05, 0) is 25.3 Å². The number of halogens is 3. The van der Waals surface area contributed by atoms with Gasteiger partial charge in [-0.25, -0.2) is 0 Å². The molecule has 1 atom stereocenters. The molecule has 1 rings (SSSR count). The molecule has 118 valence electrons. The largest absolute Gasteiger partial charge is 0.412 e. The van der Waals surface area contributed by atoms with Crippen molar-refractivity contribution in [2.24, 2.45) is 5.92 Å². The third-order valence-electron chi connectivity index (χ3n) is 3.68. The second-order valence-electron chi connectivity index (χ2n) is 5.97. The van der Waals surface area contributed by atoms with E-state index in [2.05, 4.69) is 31.0 Å². The van der Waals surface area contributed by atoms with Crippen LogP contribution < -0.4 is 5.32 Å². The zero-order valence-corrected chi connectivity index (χ0v) is 12.8. The summed E-state index contributed by atoms with van der Waals surface area (Å²) < 4.78 is 37.8. The van der Waals surface area contributed by atoms with Crippen LogP contribution in [-0.4, -0.2) is 43.3 Å². The first-order valence-corrected chi connectivity index (χ1v) is 7.55. The van der Waals surface area contributed by atoms with E-state index in [1.165, 1.54) is 6.08 Å². The maximum atomic E-state index is 12.6. The number of nitrogens with zero attached hydrogens (tertiary/aromatic N) is 1. The fraction of sp³-hybridized carbons (Fsp3) is 0.867. The molecule has 2 nitrogen and oxygen atoms in total. The van der Waals surface area contributed by atoms with Gasteiger partial charge < -0.3 is 5.32 Å². The Labute approximate surface area is 120 Å². The third-order valence-corrected chi connectivity index (χ3v) is 3.68. The highest BCUT2D eigenvalue weighted by Crippen LogP contribution is 2.30. The number of rotatable bonds is 7. The summed E-state index contributed by atoms with van der Waals surface area (Å²) in [6, 6.07) is 0.338. The summed E-state index contributed by atoms with van der Waals surface area (Å²) in [5, 5.41) is 3.42. The Kier molecular flexibility index (Phi) is 7.03. The lowest BCUT2D eigenvalue weighted by Crippen LogP contribution is -2.45. The maximum absolute atomic E-state index is 12.6. The summed E-state index contributed by atoms with van der Waals surface area (Å²) in [6.07, 6.45) is -0.592. The monoisotopic (exact) mass is 292 g/mol. The Morgan fingerprint density at radius 2 is 2.00 bits per heavy atom. The van der Waals surface area contributed by atoms with Gasteiger partial charge in [0, 0.05) is 31.2 Å². The minimum atomic E-state index is -4.15. The molecule has 1 N–H and O–H groups in total. The SMILES string of the molecule is CCCC(CNCC(C)C)N1CC=C(C(F)(F)F)CC1. The molecule has 0 fully saturated rings. The van der Waals surface area contributed by atoms with Crippen LogP contribution in [0.25, 0.3) is 0 Å². The van der Waals surface area contributed by atoms with E-state index in [0.29, 0.717) is 25.0 Å². The molecule has 0 amide bonds. The molecule has 0 aromatic carbocycles. The molecule has 1 heterocycles. The zero-order valence-electron chi connectivity index (χ0n) is 12.8. The third kappa shape index (κ3) is 5.83. The lowest BCUT2D eigenvalue weighted by atomic mass is 10.0. The van der Waals surface area contributed by atoms with Crippen LogP contribution in [-0.2, 0) is 0 Å². The second-order valence-corrected chi connectivity index (χ2v) is 5.97. The number of alkyl halides is 3. The van der Waals surface area contributed by atoms with Crippen molar-refractivity contribution < 1.29 is 13.2 Å². The van der Waals surface area contributed by atoms with Crippen LogP contribution in [0.5, 0.6) is 0 Å². The van der Waals surface area contributed by atoms with Crippen molar-refractivity contribution >= 4 is 0 Å². The summed E-state index contributed by atoms with van der Waals surface area (Å²) in [4.78, 5) is 2.17. The van der Waals surface area contributed by atoms with Gasteiger partial charge in [0.1, 0.15) is 0 Å². The topological polar surface area (TPSA) is 15.3 Å². The maximum Gasteiger partial charge on any atom is 0.412 e. The Balaban J connectivity index is 2.51. The Morgan fingerprint density at radius 1 is 1.30 bits per heavy atom. The van der Waals surface area contributed by atoms with Gasteiger partial charge in [0.25, 0.3) is 0 Å². The summed E-state index contributed by atoms with van der Waals surface area (Å²) >= 11 is 0. The van der Waals surface area contributed by atoms with Crippen molar-refractivity contribution in [1.29, 1.82) is 0 Å². The van der Waals surface area contributed by atoms with Crippen molar-refractivity contribution in [2.45, 2.75) is 52.3 Å². The first-order chi connectivity index (χ1) is 9.34. The standard InChI is InChI=1S/C15H27F3N2/c1-4-5-14(11-19-10-12(2)3)20-8-6-13(7-9-20)15(16,17)18/h6,12,14,19H,4-5,7-11H2,1-3H3. The van der Waals surface area contributed by atoms with E-state index in [0.717, 1.165) is 25.9 Å². The lowest BCUT2D eigenvalue weighted by molar-refractivity contribution is -0.0964. The van der Waals surface area contributed by atoms with Crippen LogP contribution in [0.1, 0.15) is 40.0 Å². The van der Waals surface area contributed by atoms with E-state index in [4.69, 9.17) is 0 Å². The molecule has 0 bridgehead atoms. The van der Waals surface area contributed by atoms with E-state index in [1.807, 2.05) is 0 Å². The number of hydrogen-bond acceptors (Lipinski definition) is 2. The molecule has 1 aliphatic rings. The molecule has 5 heteroatoms. The molecule has 0 aromatic rings. The highest BCUT2D eigenvalue weighted by Gasteiger charge is 2.35. The average Bonchev–Trinajstić information content (AvgIpc) is 2.36. The lowest BCUT2D eigenvalue weighted by Gasteiger charge is -2.34. The smallest absolute Gasteiger partial charge is 0.315 e. The van der Waals surface area contributed by atoms with Crippen molar-refractivity contribution in [3.63, 3.8) is 0 Å². The first kappa shape index (κ1) is 17.5. The van der Waals surface area contributed by atoms with Gasteiger partial charge >= 0.3 is 6.18 Å². The van der Waals surface area contributed by atoms with Crippen molar-refractivity contribution in [1.82, 2.24) is 10.2 Å². The van der Waals surface area contributed by atoms with Gasteiger partial charge in [-0.2, -0.15) is 13.2 Å². The van der Waals surface area contributed by atoms with Crippen LogP contribution in [0.3, 0.4) is 0 Å². The molecule has 0 spiro atoms. The van der Waals surface area contributed by atoms with Gasteiger partial charge in [0.05, 0.1) is 0 Å². The highest BCUT2D eigenvalue weighted by atomic mass is 19.4. The minimum absolute atomic E-state index is 0.119. The van der Waals surface area contributed by atoms with Crippen LogP contribution in [0.2, 0.25) is 0 Å². The van der Waals surface area contributed by atoms with Gasteiger partial charge in [0.15, 0.2) is 0 Å². The molecule has 0 saturated carbocycles. The molecule has 0 radical (unpaired) electrons. The van der Waals surface area contributed by atoms with E-state index in [-0.39, 0.29) is 12.0 Å². The average molecular weight is 292 g/mol. The van der Waals surface area contributed by atoms with E-state index < -0.39 is 6.18 Å². The summed E-state index contributed by atoms with van der Waals surface area (Å²) in [5.74, 6) is 0.593. The van der Waals surface area contributed by atoms with Crippen molar-refractivity contribution in [3.05, 3.63) is 11.6 Å². The zero-order chi connectivity index (χ0) is 15.2. The quantitative estimate of drug-likeness (QED) is 0.721. The molecule has 20 heavy (non-hydrogen) atoms. The van der Waals surface area contributed by atoms with E-state index in [9.17, 15) is 13.2 Å². The Bertz CT molecular complexity index is 311. The summed E-state index contributed by atoms with van der Waals surface area (Å²) in [6.45, 7) is 9.18. The highest BCUT2D eigenvalue weighted by molar-refractivity contribution is 5.13. The second kappa shape index (κ2) is 8.03. The first-order valence-electron chi connectivity index (χ1n) is 7.55. The van der Waals surface area contributed by atoms with E-state index in [1.54, 1.807) is 0 Å². The van der Waals surface area contributed by atoms with Crippen molar-refractivity contribution in [3.8, 4) is 0 Å². The molecule has 1 aliphatic heterocycles. The fourth-order valence-electron chi connectivity index (χ4n) is 2.56. The van der Waals surface area contributed by atoms with Crippen LogP contribution in [0.15, 0.2) is 11.6 Å². The summed E-state index contributed by atoms with van der Waals surface area (Å²) in [7, 11) is 0. The normalized spacial score (nSPS) is 19.2. The Morgan fingerprint density at radius 3 is 2.45 bits per heavy atom. The minimum Gasteiger partial charge on any atom is -0.315 e. The number of hydrogen-bond donors (Lipinski definition) is 1. The van der Waals surface area contributed by atoms with Gasteiger partial charge in [-0.15, -0.1) is 0 Å². The van der Waals surface area contributed by atoms with Crippen LogP contribution in [0, 0.1) is 5.92 Å². The molecular formula is C15H27F3N2. The van der Waals surface area contributed by atoms with Crippen LogP contribution in [0.4, 0.5) is 13.2 Å². The predicted octanol–water partition coefficient (Wildman–Crippen LogP) is 3.60. The van der Waals surface area contributed by atoms with Crippen LogP contribution >= 0.6 is 0 Å². The van der Waals surface area contributed by atoms with Gasteiger partial charge in [-0.1, -0.05) is 33.3 Å². The van der Waals surface area contributed by atoms with Gasteiger partial charge in [-0.3, -0.25) is 4.90 Å². The van der Waals surface area contributed by atoms with Gasteiger partial charge in [0.2, 0.25) is 0 Å². The molecule has 0 aliphatic carbocycles. The predicted molar refractivity (Wildman–Crippen MR) is 76.7 cm³/mol.